The Kier molecular flexibility index (Phi) is 4.72. The Balaban J connectivity index is 2.34. The van der Waals surface area contributed by atoms with Gasteiger partial charge in [0.15, 0.2) is 11.4 Å². The summed E-state index contributed by atoms with van der Waals surface area (Å²) in [6.07, 6.45) is 0. The van der Waals surface area contributed by atoms with Gasteiger partial charge in [-0.15, -0.1) is 0 Å². The molecule has 0 radical (unpaired) electrons. The van der Waals surface area contributed by atoms with Gasteiger partial charge in [-0.2, -0.15) is 0 Å². The second-order valence-corrected chi connectivity index (χ2v) is 6.45. The van der Waals surface area contributed by atoms with Gasteiger partial charge in [-0.25, -0.2) is 0 Å². The predicted molar refractivity (Wildman–Crippen MR) is 85.8 cm³/mol. The lowest BCUT2D eigenvalue weighted by Crippen LogP contribution is -2.55. The van der Waals surface area contributed by atoms with Crippen LogP contribution >= 0.6 is 0 Å². The van der Waals surface area contributed by atoms with Crippen LogP contribution < -0.4 is 15.0 Å². The first kappa shape index (κ1) is 17.6. The zero-order valence-corrected chi connectivity index (χ0v) is 14.0. The molecule has 0 aromatic carbocycles. The minimum absolute atomic E-state index is 0.0202. The number of nitrogens with one attached hydrogen (secondary N) is 1. The summed E-state index contributed by atoms with van der Waals surface area (Å²) >= 11 is 0. The van der Waals surface area contributed by atoms with E-state index in [4.69, 9.17) is 4.74 Å². The Morgan fingerprint density at radius 2 is 2.12 bits per heavy atom. The molecule has 0 saturated carbocycles. The molecular weight excluding hydrogens is 316 g/mol. The maximum atomic E-state index is 12.6. The lowest BCUT2D eigenvalue weighted by molar-refractivity contribution is -0.389. The van der Waals surface area contributed by atoms with E-state index < -0.39 is 22.2 Å². The summed E-state index contributed by atoms with van der Waals surface area (Å²) in [7, 11) is 0. The minimum atomic E-state index is -1.19. The first-order valence-electron chi connectivity index (χ1n) is 7.55. The Morgan fingerprint density at radius 1 is 1.46 bits per heavy atom. The van der Waals surface area contributed by atoms with Gasteiger partial charge in [0.25, 0.3) is 11.7 Å². The van der Waals surface area contributed by atoms with Crippen molar-refractivity contribution >= 4 is 23.5 Å². The van der Waals surface area contributed by atoms with Gasteiger partial charge < -0.3 is 20.2 Å². The maximum Gasteiger partial charge on any atom is 0.366 e. The van der Waals surface area contributed by atoms with Crippen molar-refractivity contribution in [1.82, 2.24) is 10.3 Å². The zero-order valence-electron chi connectivity index (χ0n) is 14.0. The molecule has 0 spiro atoms. The van der Waals surface area contributed by atoms with E-state index >= 15 is 0 Å². The van der Waals surface area contributed by atoms with Gasteiger partial charge in [0.1, 0.15) is 6.54 Å². The third-order valence-corrected chi connectivity index (χ3v) is 3.40. The van der Waals surface area contributed by atoms with Crippen molar-refractivity contribution in [1.29, 1.82) is 0 Å². The number of anilines is 1. The molecule has 0 unspecified atom stereocenters. The fourth-order valence-corrected chi connectivity index (χ4v) is 2.20. The van der Waals surface area contributed by atoms with Gasteiger partial charge in [0.05, 0.1) is 0 Å². The summed E-state index contributed by atoms with van der Waals surface area (Å²) in [5.41, 5.74) is -1.19. The molecule has 2 heterocycles. The van der Waals surface area contributed by atoms with E-state index in [9.17, 15) is 19.7 Å². The second-order valence-electron chi connectivity index (χ2n) is 6.45. The first-order valence-corrected chi connectivity index (χ1v) is 7.55. The monoisotopic (exact) mass is 336 g/mol. The molecule has 1 aromatic rings. The number of nitrogens with zero attached hydrogens (tertiary/aromatic N) is 3. The summed E-state index contributed by atoms with van der Waals surface area (Å²) in [6.45, 7) is 7.22. The van der Waals surface area contributed by atoms with E-state index in [1.54, 1.807) is 13.8 Å². The maximum absolute atomic E-state index is 12.6. The molecule has 1 aromatic heterocycles. The summed E-state index contributed by atoms with van der Waals surface area (Å²) in [4.78, 5) is 39.9. The molecule has 0 bridgehead atoms. The van der Waals surface area contributed by atoms with Crippen molar-refractivity contribution in [3.05, 3.63) is 22.2 Å². The number of nitro groups is 1. The van der Waals surface area contributed by atoms with Crippen molar-refractivity contribution in [3.63, 3.8) is 0 Å². The largest absolute Gasteiger partial charge is 0.472 e. The van der Waals surface area contributed by atoms with Crippen molar-refractivity contribution in [2.24, 2.45) is 5.92 Å². The van der Waals surface area contributed by atoms with Crippen molar-refractivity contribution in [2.75, 3.05) is 18.0 Å². The van der Waals surface area contributed by atoms with Crippen LogP contribution in [0.3, 0.4) is 0 Å². The highest BCUT2D eigenvalue weighted by atomic mass is 16.6. The van der Waals surface area contributed by atoms with E-state index in [-0.39, 0.29) is 29.9 Å². The van der Waals surface area contributed by atoms with Crippen LogP contribution in [0.15, 0.2) is 12.1 Å². The van der Waals surface area contributed by atoms with Gasteiger partial charge in [0.2, 0.25) is 5.91 Å². The molecule has 0 atom stereocenters. The number of hydrogen-bond donors (Lipinski definition) is 1. The van der Waals surface area contributed by atoms with E-state index in [2.05, 4.69) is 10.3 Å². The molecule has 24 heavy (non-hydrogen) atoms. The Labute approximate surface area is 139 Å². The molecule has 9 heteroatoms. The van der Waals surface area contributed by atoms with Crippen molar-refractivity contribution in [2.45, 2.75) is 33.3 Å². The third-order valence-electron chi connectivity index (χ3n) is 3.40. The number of carbonyl (C=O) groups excluding carboxylic acids is 2. The number of amides is 2. The molecule has 0 aliphatic carbocycles. The quantitative estimate of drug-likeness (QED) is 0.639. The fourth-order valence-electron chi connectivity index (χ4n) is 2.20. The SMILES string of the molecule is CC(C)CNC(=O)CN1C(=O)C(C)(C)Oc2ccc([N+](=O)[O-])nc21. The smallest absolute Gasteiger partial charge is 0.366 e. The summed E-state index contributed by atoms with van der Waals surface area (Å²) in [5, 5.41) is 13.6. The third kappa shape index (κ3) is 3.61. The number of pyridine rings is 1. The van der Waals surface area contributed by atoms with Gasteiger partial charge in [-0.1, -0.05) is 13.8 Å². The van der Waals surface area contributed by atoms with E-state index in [1.165, 1.54) is 12.1 Å². The number of rotatable bonds is 5. The Bertz CT molecular complexity index is 686. The van der Waals surface area contributed by atoms with Gasteiger partial charge in [0, 0.05) is 12.6 Å². The van der Waals surface area contributed by atoms with Crippen LogP contribution in [0.25, 0.3) is 0 Å². The first-order chi connectivity index (χ1) is 11.1. The minimum Gasteiger partial charge on any atom is -0.472 e. The summed E-state index contributed by atoms with van der Waals surface area (Å²) in [6, 6.07) is 2.58. The van der Waals surface area contributed by atoms with Crippen LogP contribution in [0.1, 0.15) is 27.7 Å². The standard InChI is InChI=1S/C15H20N4O5/c1-9(2)7-16-12(20)8-18-13-10(24-15(3,4)14(18)21)5-6-11(17-13)19(22)23/h5-6,9H,7-8H2,1-4H3,(H,16,20). The highest BCUT2D eigenvalue weighted by Gasteiger charge is 2.45. The summed E-state index contributed by atoms with van der Waals surface area (Å²) < 4.78 is 5.57. The number of aromatic nitrogens is 1. The van der Waals surface area contributed by atoms with Crippen LogP contribution in [-0.4, -0.2) is 40.4 Å². The van der Waals surface area contributed by atoms with Crippen molar-refractivity contribution < 1.29 is 19.2 Å². The average molecular weight is 336 g/mol. The molecule has 1 aliphatic rings. The molecule has 0 saturated heterocycles. The summed E-state index contributed by atoms with van der Waals surface area (Å²) in [5.74, 6) is -0.804. The lowest BCUT2D eigenvalue weighted by Gasteiger charge is -2.35. The number of fused-ring (bicyclic) bond motifs is 1. The average Bonchev–Trinajstić information content (AvgIpc) is 2.49. The van der Waals surface area contributed by atoms with Crippen LogP contribution in [0.4, 0.5) is 11.6 Å². The van der Waals surface area contributed by atoms with Gasteiger partial charge in [-0.05, 0) is 35.7 Å². The normalized spacial score (nSPS) is 15.7. The molecular formula is C15H20N4O5. The predicted octanol–water partition coefficient (Wildman–Crippen LogP) is 1.27. The topological polar surface area (TPSA) is 115 Å². The molecule has 0 fully saturated rings. The molecule has 1 N–H and O–H groups in total. The van der Waals surface area contributed by atoms with Crippen LogP contribution in [0, 0.1) is 16.0 Å². The number of ether oxygens (including phenoxy) is 1. The number of carbonyl (C=O) groups is 2. The van der Waals surface area contributed by atoms with E-state index in [1.807, 2.05) is 13.8 Å². The second kappa shape index (κ2) is 6.42. The molecule has 2 amide bonds. The molecule has 2 rings (SSSR count). The van der Waals surface area contributed by atoms with Crippen LogP contribution in [0.5, 0.6) is 5.75 Å². The highest BCUT2D eigenvalue weighted by Crippen LogP contribution is 2.37. The molecule has 9 nitrogen and oxygen atoms in total. The van der Waals surface area contributed by atoms with Gasteiger partial charge >= 0.3 is 5.82 Å². The zero-order chi connectivity index (χ0) is 18.1. The molecule has 1 aliphatic heterocycles. The van der Waals surface area contributed by atoms with Crippen molar-refractivity contribution in [3.8, 4) is 5.75 Å². The lowest BCUT2D eigenvalue weighted by atomic mass is 10.1. The Hall–Kier alpha value is -2.71. The van der Waals surface area contributed by atoms with Gasteiger partial charge in [-0.3, -0.25) is 14.5 Å². The number of hydrogen-bond acceptors (Lipinski definition) is 6. The van der Waals surface area contributed by atoms with E-state index in [0.29, 0.717) is 6.54 Å². The fraction of sp³-hybridized carbons (Fsp3) is 0.533. The highest BCUT2D eigenvalue weighted by molar-refractivity contribution is 6.05. The van der Waals surface area contributed by atoms with Crippen LogP contribution in [0.2, 0.25) is 0 Å². The molecule has 130 valence electrons. The van der Waals surface area contributed by atoms with E-state index in [0.717, 1.165) is 4.90 Å². The van der Waals surface area contributed by atoms with Crippen LogP contribution in [-0.2, 0) is 9.59 Å². The Morgan fingerprint density at radius 3 is 2.71 bits per heavy atom.